The number of rotatable bonds is 2. The van der Waals surface area contributed by atoms with Crippen molar-refractivity contribution in [3.8, 4) is 0 Å². The topological polar surface area (TPSA) is 23.5 Å². The van der Waals surface area contributed by atoms with E-state index in [4.69, 9.17) is 0 Å². The van der Waals surface area contributed by atoms with E-state index in [1.807, 2.05) is 23.9 Å². The third-order valence-electron chi connectivity index (χ3n) is 2.56. The molecule has 82 valence electrons. The largest absolute Gasteiger partial charge is 0.392 e. The molecule has 0 atom stereocenters. The summed E-state index contributed by atoms with van der Waals surface area (Å²) in [4.78, 5) is 2.36. The minimum Gasteiger partial charge on any atom is -0.392 e. The molecule has 1 N–H and O–H groups in total. The maximum Gasteiger partial charge on any atom is 0.0702 e. The number of nitrogens with zero attached hydrogens (tertiary/aromatic N) is 1. The molecule has 0 bridgehead atoms. The van der Waals surface area contributed by atoms with Gasteiger partial charge in [-0.2, -0.15) is 11.8 Å². The van der Waals surface area contributed by atoms with Crippen molar-refractivity contribution < 1.29 is 5.11 Å². The van der Waals surface area contributed by atoms with Gasteiger partial charge in [0.2, 0.25) is 0 Å². The molecule has 15 heavy (non-hydrogen) atoms. The van der Waals surface area contributed by atoms with Crippen molar-refractivity contribution in [2.24, 2.45) is 0 Å². The number of aliphatic hydroxyl groups excluding tert-OH is 1. The first kappa shape index (κ1) is 11.3. The van der Waals surface area contributed by atoms with E-state index < -0.39 is 0 Å². The monoisotopic (exact) mass is 287 g/mol. The number of benzene rings is 1. The summed E-state index contributed by atoms with van der Waals surface area (Å²) in [5, 5.41) is 9.32. The van der Waals surface area contributed by atoms with Gasteiger partial charge < -0.3 is 10.0 Å². The van der Waals surface area contributed by atoms with Gasteiger partial charge >= 0.3 is 0 Å². The Kier molecular flexibility index (Phi) is 3.94. The Labute approximate surface area is 103 Å². The van der Waals surface area contributed by atoms with E-state index in [-0.39, 0.29) is 6.61 Å². The predicted molar refractivity (Wildman–Crippen MR) is 69.6 cm³/mol. The SMILES string of the molecule is OCc1cc(Br)ccc1N1CCSCC1. The van der Waals surface area contributed by atoms with Crippen LogP contribution < -0.4 is 4.90 Å². The van der Waals surface area contributed by atoms with Crippen molar-refractivity contribution in [2.45, 2.75) is 6.61 Å². The van der Waals surface area contributed by atoms with E-state index in [1.165, 1.54) is 17.2 Å². The molecule has 0 spiro atoms. The highest BCUT2D eigenvalue weighted by atomic mass is 79.9. The summed E-state index contributed by atoms with van der Waals surface area (Å²) >= 11 is 5.42. The summed E-state index contributed by atoms with van der Waals surface area (Å²) in [7, 11) is 0. The van der Waals surface area contributed by atoms with Gasteiger partial charge in [-0.25, -0.2) is 0 Å². The lowest BCUT2D eigenvalue weighted by Gasteiger charge is -2.30. The Morgan fingerprint density at radius 3 is 2.73 bits per heavy atom. The quantitative estimate of drug-likeness (QED) is 0.904. The second-order valence-electron chi connectivity index (χ2n) is 3.53. The van der Waals surface area contributed by atoms with Crippen molar-refractivity contribution in [2.75, 3.05) is 29.5 Å². The Hall–Kier alpha value is -0.190. The fourth-order valence-electron chi connectivity index (χ4n) is 1.79. The van der Waals surface area contributed by atoms with E-state index in [9.17, 15) is 5.11 Å². The van der Waals surface area contributed by atoms with Gasteiger partial charge in [0, 0.05) is 40.3 Å². The summed E-state index contributed by atoms with van der Waals surface area (Å²) < 4.78 is 1.03. The van der Waals surface area contributed by atoms with Crippen molar-refractivity contribution in [3.63, 3.8) is 0 Å². The average molecular weight is 288 g/mol. The van der Waals surface area contributed by atoms with Crippen LogP contribution in [0.2, 0.25) is 0 Å². The lowest BCUT2D eigenvalue weighted by Crippen LogP contribution is -2.33. The molecule has 1 saturated heterocycles. The second-order valence-corrected chi connectivity index (χ2v) is 5.67. The summed E-state index contributed by atoms with van der Waals surface area (Å²) in [6.45, 7) is 2.27. The Balaban J connectivity index is 2.25. The molecule has 0 aromatic heterocycles. The third kappa shape index (κ3) is 2.68. The summed E-state index contributed by atoms with van der Waals surface area (Å²) in [5.74, 6) is 2.36. The fraction of sp³-hybridized carbons (Fsp3) is 0.455. The highest BCUT2D eigenvalue weighted by molar-refractivity contribution is 9.10. The average Bonchev–Trinajstić information content (AvgIpc) is 2.30. The number of halogens is 1. The summed E-state index contributed by atoms with van der Waals surface area (Å²) in [6.07, 6.45) is 0. The van der Waals surface area contributed by atoms with Crippen LogP contribution >= 0.6 is 27.7 Å². The molecule has 1 fully saturated rings. The molecule has 0 amide bonds. The van der Waals surface area contributed by atoms with Gasteiger partial charge in [0.15, 0.2) is 0 Å². The summed E-state index contributed by atoms with van der Waals surface area (Å²) in [6, 6.07) is 6.12. The van der Waals surface area contributed by atoms with E-state index in [2.05, 4.69) is 26.9 Å². The van der Waals surface area contributed by atoms with Crippen LogP contribution in [-0.4, -0.2) is 29.7 Å². The Morgan fingerprint density at radius 1 is 1.33 bits per heavy atom. The molecular weight excluding hydrogens is 274 g/mol. The molecule has 1 aromatic carbocycles. The first-order valence-corrected chi connectivity index (χ1v) is 6.98. The highest BCUT2D eigenvalue weighted by Crippen LogP contribution is 2.26. The first-order chi connectivity index (χ1) is 7.31. The van der Waals surface area contributed by atoms with Gasteiger partial charge in [0.05, 0.1) is 6.61 Å². The van der Waals surface area contributed by atoms with Crippen LogP contribution in [0.3, 0.4) is 0 Å². The lowest BCUT2D eigenvalue weighted by molar-refractivity contribution is 0.282. The molecule has 1 aromatic rings. The predicted octanol–water partition coefficient (Wildman–Crippen LogP) is 2.49. The van der Waals surface area contributed by atoms with Crippen molar-refractivity contribution in [1.82, 2.24) is 0 Å². The number of hydrogen-bond donors (Lipinski definition) is 1. The molecule has 0 unspecified atom stereocenters. The van der Waals surface area contributed by atoms with Crippen LogP contribution in [-0.2, 0) is 6.61 Å². The number of anilines is 1. The van der Waals surface area contributed by atoms with Crippen LogP contribution in [0.25, 0.3) is 0 Å². The molecule has 4 heteroatoms. The standard InChI is InChI=1S/C11H14BrNOS/c12-10-1-2-11(9(7-10)8-14)13-3-5-15-6-4-13/h1-2,7,14H,3-6,8H2. The van der Waals surface area contributed by atoms with Crippen LogP contribution in [0.1, 0.15) is 5.56 Å². The maximum absolute atomic E-state index is 9.32. The van der Waals surface area contributed by atoms with Crippen molar-refractivity contribution >= 4 is 33.4 Å². The highest BCUT2D eigenvalue weighted by Gasteiger charge is 2.14. The fourth-order valence-corrected chi connectivity index (χ4v) is 3.11. The molecule has 2 nitrogen and oxygen atoms in total. The Bertz CT molecular complexity index is 339. The lowest BCUT2D eigenvalue weighted by atomic mass is 10.1. The van der Waals surface area contributed by atoms with Gasteiger partial charge in [-0.3, -0.25) is 0 Å². The third-order valence-corrected chi connectivity index (χ3v) is 4.00. The molecule has 1 aliphatic rings. The molecular formula is C11H14BrNOS. The first-order valence-electron chi connectivity index (χ1n) is 5.03. The van der Waals surface area contributed by atoms with Crippen molar-refractivity contribution in [1.29, 1.82) is 0 Å². The van der Waals surface area contributed by atoms with E-state index in [0.717, 1.165) is 23.1 Å². The number of aliphatic hydroxyl groups is 1. The molecule has 0 saturated carbocycles. The second kappa shape index (κ2) is 5.23. The molecule has 0 radical (unpaired) electrons. The molecule has 2 rings (SSSR count). The van der Waals surface area contributed by atoms with Gasteiger partial charge in [0.25, 0.3) is 0 Å². The Morgan fingerprint density at radius 2 is 2.07 bits per heavy atom. The summed E-state index contributed by atoms with van der Waals surface area (Å²) in [5.41, 5.74) is 2.19. The van der Waals surface area contributed by atoms with Crippen LogP contribution in [0.4, 0.5) is 5.69 Å². The van der Waals surface area contributed by atoms with Crippen molar-refractivity contribution in [3.05, 3.63) is 28.2 Å². The van der Waals surface area contributed by atoms with Gasteiger partial charge in [-0.15, -0.1) is 0 Å². The van der Waals surface area contributed by atoms with Gasteiger partial charge in [0.1, 0.15) is 0 Å². The van der Waals surface area contributed by atoms with Crippen LogP contribution in [0, 0.1) is 0 Å². The maximum atomic E-state index is 9.32. The van der Waals surface area contributed by atoms with E-state index in [1.54, 1.807) is 0 Å². The minimum absolute atomic E-state index is 0.110. The van der Waals surface area contributed by atoms with E-state index >= 15 is 0 Å². The smallest absolute Gasteiger partial charge is 0.0702 e. The zero-order chi connectivity index (χ0) is 10.7. The van der Waals surface area contributed by atoms with Gasteiger partial charge in [-0.1, -0.05) is 15.9 Å². The van der Waals surface area contributed by atoms with E-state index in [0.29, 0.717) is 0 Å². The zero-order valence-corrected chi connectivity index (χ0v) is 10.9. The normalized spacial score (nSPS) is 16.8. The number of hydrogen-bond acceptors (Lipinski definition) is 3. The molecule has 1 aliphatic heterocycles. The minimum atomic E-state index is 0.110. The number of thioether (sulfide) groups is 1. The zero-order valence-electron chi connectivity index (χ0n) is 8.45. The van der Waals surface area contributed by atoms with Crippen LogP contribution in [0.5, 0.6) is 0 Å². The molecule has 1 heterocycles. The molecule has 0 aliphatic carbocycles. The van der Waals surface area contributed by atoms with Crippen LogP contribution in [0.15, 0.2) is 22.7 Å². The van der Waals surface area contributed by atoms with Gasteiger partial charge in [-0.05, 0) is 18.2 Å².